The first-order valence-corrected chi connectivity index (χ1v) is 6.03. The molecule has 0 saturated carbocycles. The lowest BCUT2D eigenvalue weighted by molar-refractivity contribution is -0.255. The van der Waals surface area contributed by atoms with Gasteiger partial charge in [0.1, 0.15) is 5.69 Å². The summed E-state index contributed by atoms with van der Waals surface area (Å²) in [6, 6.07) is 4.45. The molecule has 0 unspecified atom stereocenters. The summed E-state index contributed by atoms with van der Waals surface area (Å²) in [6.45, 7) is 0. The first-order chi connectivity index (χ1) is 9.49. The Morgan fingerprint density at radius 2 is 1.75 bits per heavy atom. The number of hydrogen-bond acceptors (Lipinski definition) is 5. The number of hydrogen-bond donors (Lipinski definition) is 1. The van der Waals surface area contributed by atoms with Crippen LogP contribution in [-0.2, 0) is 0 Å². The topological polar surface area (TPSA) is 95.0 Å². The molecule has 1 N–H and O–H groups in total. The number of rotatable bonds is 3. The van der Waals surface area contributed by atoms with Gasteiger partial charge in [0.15, 0.2) is 5.69 Å². The SMILES string of the molecule is O=C([O-])c1nccnc1C(=O)Nc1ccc(Cl)cc1Cl. The van der Waals surface area contributed by atoms with E-state index in [1.165, 1.54) is 24.4 Å². The number of amides is 1. The monoisotopic (exact) mass is 310 g/mol. The highest BCUT2D eigenvalue weighted by Crippen LogP contribution is 2.25. The largest absolute Gasteiger partial charge is 0.543 e. The van der Waals surface area contributed by atoms with Crippen molar-refractivity contribution >= 4 is 40.8 Å². The van der Waals surface area contributed by atoms with Crippen LogP contribution in [0.1, 0.15) is 21.0 Å². The van der Waals surface area contributed by atoms with Crippen molar-refractivity contribution in [2.45, 2.75) is 0 Å². The van der Waals surface area contributed by atoms with E-state index in [1.807, 2.05) is 0 Å². The number of nitrogens with one attached hydrogen (secondary N) is 1. The van der Waals surface area contributed by atoms with E-state index in [2.05, 4.69) is 15.3 Å². The molecule has 2 aromatic rings. The van der Waals surface area contributed by atoms with Gasteiger partial charge in [-0.2, -0.15) is 0 Å². The molecule has 1 heterocycles. The van der Waals surface area contributed by atoms with Crippen molar-refractivity contribution in [1.82, 2.24) is 9.97 Å². The number of benzene rings is 1. The zero-order chi connectivity index (χ0) is 14.7. The van der Waals surface area contributed by atoms with Crippen LogP contribution in [0.5, 0.6) is 0 Å². The lowest BCUT2D eigenvalue weighted by Gasteiger charge is -2.10. The minimum absolute atomic E-state index is 0.213. The summed E-state index contributed by atoms with van der Waals surface area (Å²) in [5.41, 5.74) is -0.635. The maximum Gasteiger partial charge on any atom is 0.276 e. The van der Waals surface area contributed by atoms with Crippen LogP contribution < -0.4 is 10.4 Å². The molecule has 0 fully saturated rings. The quantitative estimate of drug-likeness (QED) is 0.924. The molecule has 20 heavy (non-hydrogen) atoms. The van der Waals surface area contributed by atoms with E-state index in [0.717, 1.165) is 6.20 Å². The zero-order valence-electron chi connectivity index (χ0n) is 9.76. The van der Waals surface area contributed by atoms with Gasteiger partial charge in [0, 0.05) is 17.4 Å². The number of anilines is 1. The normalized spacial score (nSPS) is 10.1. The molecule has 0 spiro atoms. The molecule has 1 amide bonds. The van der Waals surface area contributed by atoms with E-state index in [0.29, 0.717) is 5.02 Å². The van der Waals surface area contributed by atoms with E-state index in [-0.39, 0.29) is 16.4 Å². The third kappa shape index (κ3) is 3.04. The van der Waals surface area contributed by atoms with Crippen molar-refractivity contribution in [3.8, 4) is 0 Å². The Kier molecular flexibility index (Phi) is 4.16. The number of nitrogens with zero attached hydrogens (tertiary/aromatic N) is 2. The lowest BCUT2D eigenvalue weighted by atomic mass is 10.2. The fourth-order valence-corrected chi connectivity index (χ4v) is 1.88. The Balaban J connectivity index is 2.31. The van der Waals surface area contributed by atoms with Crippen LogP contribution in [0.25, 0.3) is 0 Å². The number of aromatic carboxylic acids is 1. The van der Waals surface area contributed by atoms with Crippen LogP contribution in [0.2, 0.25) is 10.0 Å². The second-order valence-electron chi connectivity index (χ2n) is 3.62. The molecule has 6 nitrogen and oxygen atoms in total. The van der Waals surface area contributed by atoms with E-state index in [1.54, 1.807) is 0 Å². The first kappa shape index (κ1) is 14.2. The minimum atomic E-state index is -1.59. The number of carboxylic acids is 1. The van der Waals surface area contributed by atoms with Crippen molar-refractivity contribution < 1.29 is 14.7 Å². The fraction of sp³-hybridized carbons (Fsp3) is 0. The number of carbonyl (C=O) groups is 2. The Morgan fingerprint density at radius 1 is 1.10 bits per heavy atom. The van der Waals surface area contributed by atoms with Crippen molar-refractivity contribution in [2.24, 2.45) is 0 Å². The molecule has 0 aliphatic carbocycles. The average Bonchev–Trinajstić information content (AvgIpc) is 2.41. The van der Waals surface area contributed by atoms with Gasteiger partial charge in [0.05, 0.1) is 16.7 Å². The van der Waals surface area contributed by atoms with Crippen LogP contribution >= 0.6 is 23.2 Å². The van der Waals surface area contributed by atoms with Gasteiger partial charge in [-0.1, -0.05) is 23.2 Å². The summed E-state index contributed by atoms with van der Waals surface area (Å²) < 4.78 is 0. The van der Waals surface area contributed by atoms with Crippen molar-refractivity contribution in [3.63, 3.8) is 0 Å². The molecule has 1 aromatic carbocycles. The van der Waals surface area contributed by atoms with Crippen molar-refractivity contribution in [2.75, 3.05) is 5.32 Å². The summed E-state index contributed by atoms with van der Waals surface area (Å²) in [5.74, 6) is -2.35. The van der Waals surface area contributed by atoms with E-state index in [4.69, 9.17) is 23.2 Å². The summed E-state index contributed by atoms with van der Waals surface area (Å²) in [7, 11) is 0. The Labute approximate surface area is 123 Å². The fourth-order valence-electron chi connectivity index (χ4n) is 1.43. The maximum absolute atomic E-state index is 12.0. The Bertz CT molecular complexity index is 691. The van der Waals surface area contributed by atoms with Gasteiger partial charge < -0.3 is 15.2 Å². The highest BCUT2D eigenvalue weighted by atomic mass is 35.5. The molecule has 1 aromatic heterocycles. The van der Waals surface area contributed by atoms with Crippen LogP contribution in [0, 0.1) is 0 Å². The van der Waals surface area contributed by atoms with Gasteiger partial charge >= 0.3 is 0 Å². The van der Waals surface area contributed by atoms with Crippen LogP contribution in [0.15, 0.2) is 30.6 Å². The predicted octanol–water partition coefficient (Wildman–Crippen LogP) is 1.40. The van der Waals surface area contributed by atoms with E-state index in [9.17, 15) is 14.7 Å². The molecular weight excluding hydrogens is 305 g/mol. The molecule has 0 bridgehead atoms. The zero-order valence-corrected chi connectivity index (χ0v) is 11.3. The van der Waals surface area contributed by atoms with Gasteiger partial charge in [-0.3, -0.25) is 9.78 Å². The van der Waals surface area contributed by atoms with Crippen LogP contribution in [0.4, 0.5) is 5.69 Å². The third-order valence-corrected chi connectivity index (χ3v) is 2.83. The lowest BCUT2D eigenvalue weighted by Crippen LogP contribution is -2.28. The standard InChI is InChI=1S/C12H7Cl2N3O3/c13-6-1-2-8(7(14)5-6)17-11(18)9-10(12(19)20)16-4-3-15-9/h1-5H,(H,17,18)(H,19,20)/p-1. The molecule has 0 saturated heterocycles. The number of aromatic nitrogens is 2. The molecule has 0 aliphatic rings. The number of carbonyl (C=O) groups excluding carboxylic acids is 2. The molecule has 0 aliphatic heterocycles. The average molecular weight is 311 g/mol. The summed E-state index contributed by atoms with van der Waals surface area (Å²) >= 11 is 11.6. The Hall–Kier alpha value is -2.18. The molecule has 0 atom stereocenters. The van der Waals surface area contributed by atoms with Crippen LogP contribution in [0.3, 0.4) is 0 Å². The summed E-state index contributed by atoms with van der Waals surface area (Å²) in [6.07, 6.45) is 2.35. The highest BCUT2D eigenvalue weighted by Gasteiger charge is 2.16. The predicted molar refractivity (Wildman–Crippen MR) is 70.8 cm³/mol. The van der Waals surface area contributed by atoms with Gasteiger partial charge in [-0.15, -0.1) is 0 Å². The molecule has 102 valence electrons. The smallest absolute Gasteiger partial charge is 0.276 e. The van der Waals surface area contributed by atoms with Gasteiger partial charge in [-0.05, 0) is 18.2 Å². The van der Waals surface area contributed by atoms with Gasteiger partial charge in [-0.25, -0.2) is 4.98 Å². The molecule has 0 radical (unpaired) electrons. The molecule has 2 rings (SSSR count). The molecular formula is C12H6Cl2N3O3-. The van der Waals surface area contributed by atoms with Crippen LogP contribution in [-0.4, -0.2) is 21.8 Å². The van der Waals surface area contributed by atoms with Crippen molar-refractivity contribution in [3.05, 3.63) is 52.0 Å². The van der Waals surface area contributed by atoms with Gasteiger partial charge in [0.2, 0.25) is 0 Å². The Morgan fingerprint density at radius 3 is 2.35 bits per heavy atom. The summed E-state index contributed by atoms with van der Waals surface area (Å²) in [5, 5.41) is 13.9. The van der Waals surface area contributed by atoms with Crippen molar-refractivity contribution in [1.29, 1.82) is 0 Å². The second-order valence-corrected chi connectivity index (χ2v) is 4.46. The molecule has 8 heteroatoms. The number of carboxylic acid groups (broad SMARTS) is 1. The highest BCUT2D eigenvalue weighted by molar-refractivity contribution is 6.36. The minimum Gasteiger partial charge on any atom is -0.543 e. The number of halogens is 2. The van der Waals surface area contributed by atoms with Gasteiger partial charge in [0.25, 0.3) is 5.91 Å². The van der Waals surface area contributed by atoms with E-state index < -0.39 is 17.6 Å². The third-order valence-electron chi connectivity index (χ3n) is 2.29. The first-order valence-electron chi connectivity index (χ1n) is 5.28. The van der Waals surface area contributed by atoms with E-state index >= 15 is 0 Å². The second kappa shape index (κ2) is 5.85. The summed E-state index contributed by atoms with van der Waals surface area (Å²) in [4.78, 5) is 30.0. The maximum atomic E-state index is 12.0.